The molecule has 0 aromatic heterocycles. The molecular formula is C25H22ClFN4O2. The van der Waals surface area contributed by atoms with E-state index in [0.29, 0.717) is 22.1 Å². The Morgan fingerprint density at radius 2 is 1.48 bits per heavy atom. The number of likely N-dealkylation sites (tertiary alicyclic amines) is 1. The molecule has 6 nitrogen and oxygen atoms in total. The summed E-state index contributed by atoms with van der Waals surface area (Å²) in [5, 5.41) is 14.2. The van der Waals surface area contributed by atoms with Crippen LogP contribution in [0, 0.1) is 11.2 Å². The molecule has 3 aromatic carbocycles. The molecule has 168 valence electrons. The minimum atomic E-state index is -0.598. The maximum atomic E-state index is 13.9. The van der Waals surface area contributed by atoms with Gasteiger partial charge in [0.2, 0.25) is 0 Å². The summed E-state index contributed by atoms with van der Waals surface area (Å²) in [7, 11) is 0. The topological polar surface area (TPSA) is 85.3 Å². The van der Waals surface area contributed by atoms with E-state index in [0.717, 1.165) is 37.6 Å². The lowest BCUT2D eigenvalue weighted by molar-refractivity contribution is 0.102. The molecule has 1 aliphatic heterocycles. The first-order chi connectivity index (χ1) is 15.9. The summed E-state index contributed by atoms with van der Waals surface area (Å²) in [5.41, 5.74) is 1.76. The number of amidine groups is 1. The van der Waals surface area contributed by atoms with Gasteiger partial charge in [0.05, 0.1) is 11.3 Å². The highest BCUT2D eigenvalue weighted by molar-refractivity contribution is 6.30. The number of nitrogens with zero attached hydrogens (tertiary/aromatic N) is 1. The van der Waals surface area contributed by atoms with E-state index in [1.54, 1.807) is 48.5 Å². The van der Waals surface area contributed by atoms with Gasteiger partial charge in [0.25, 0.3) is 11.8 Å². The molecule has 2 amide bonds. The first-order valence-corrected chi connectivity index (χ1v) is 10.9. The molecule has 0 saturated carbocycles. The summed E-state index contributed by atoms with van der Waals surface area (Å²) in [6.07, 6.45) is 2.16. The summed E-state index contributed by atoms with van der Waals surface area (Å²) in [4.78, 5) is 27.5. The molecule has 33 heavy (non-hydrogen) atoms. The van der Waals surface area contributed by atoms with Crippen molar-refractivity contribution in [2.75, 3.05) is 23.7 Å². The maximum Gasteiger partial charge on any atom is 0.257 e. The highest BCUT2D eigenvalue weighted by Gasteiger charge is 2.18. The van der Waals surface area contributed by atoms with Crippen LogP contribution in [0.1, 0.15) is 39.1 Å². The Morgan fingerprint density at radius 1 is 0.848 bits per heavy atom. The van der Waals surface area contributed by atoms with Gasteiger partial charge in [0.15, 0.2) is 0 Å². The zero-order chi connectivity index (χ0) is 23.4. The molecule has 8 heteroatoms. The molecule has 0 unspecified atom stereocenters. The minimum Gasteiger partial charge on any atom is -0.357 e. The molecule has 0 atom stereocenters. The zero-order valence-corrected chi connectivity index (χ0v) is 18.5. The fourth-order valence-corrected chi connectivity index (χ4v) is 3.77. The Balaban J connectivity index is 1.49. The van der Waals surface area contributed by atoms with Crippen molar-refractivity contribution in [1.82, 2.24) is 4.90 Å². The van der Waals surface area contributed by atoms with Crippen LogP contribution in [0.5, 0.6) is 0 Å². The number of carbonyl (C=O) groups excluding carboxylic acids is 2. The van der Waals surface area contributed by atoms with Crippen molar-refractivity contribution < 1.29 is 14.0 Å². The molecule has 4 rings (SSSR count). The van der Waals surface area contributed by atoms with E-state index in [2.05, 4.69) is 10.6 Å². The molecule has 1 heterocycles. The van der Waals surface area contributed by atoms with Gasteiger partial charge in [0, 0.05) is 34.9 Å². The van der Waals surface area contributed by atoms with Crippen LogP contribution in [0.3, 0.4) is 0 Å². The molecule has 1 saturated heterocycles. The SMILES string of the molecule is N=C(c1ccc(C(=O)Nc2ccc(F)cc2C(=O)Nc2ccc(Cl)cc2)cc1)N1CCCC1. The number of amides is 2. The van der Waals surface area contributed by atoms with Crippen LogP contribution >= 0.6 is 11.6 Å². The van der Waals surface area contributed by atoms with Crippen molar-refractivity contribution in [3.8, 4) is 0 Å². The fourth-order valence-electron chi connectivity index (χ4n) is 3.64. The Morgan fingerprint density at radius 3 is 2.15 bits per heavy atom. The van der Waals surface area contributed by atoms with Gasteiger partial charge in [-0.1, -0.05) is 23.7 Å². The zero-order valence-electron chi connectivity index (χ0n) is 17.7. The number of rotatable bonds is 5. The Kier molecular flexibility index (Phi) is 6.70. The fraction of sp³-hybridized carbons (Fsp3) is 0.160. The predicted molar refractivity (Wildman–Crippen MR) is 128 cm³/mol. The Labute approximate surface area is 195 Å². The number of anilines is 2. The van der Waals surface area contributed by atoms with E-state index in [9.17, 15) is 14.0 Å². The molecule has 3 N–H and O–H groups in total. The molecule has 0 bridgehead atoms. The van der Waals surface area contributed by atoms with E-state index in [4.69, 9.17) is 17.0 Å². The van der Waals surface area contributed by atoms with E-state index in [-0.39, 0.29) is 11.3 Å². The summed E-state index contributed by atoms with van der Waals surface area (Å²) in [6, 6.07) is 16.8. The van der Waals surface area contributed by atoms with Gasteiger partial charge in [-0.25, -0.2) is 4.39 Å². The number of hydrogen-bond donors (Lipinski definition) is 3. The predicted octanol–water partition coefficient (Wildman–Crippen LogP) is 5.40. The first-order valence-electron chi connectivity index (χ1n) is 10.5. The lowest BCUT2D eigenvalue weighted by atomic mass is 10.1. The number of nitrogens with one attached hydrogen (secondary N) is 3. The third-order valence-corrected chi connectivity index (χ3v) is 5.67. The number of carbonyl (C=O) groups is 2. The van der Waals surface area contributed by atoms with Crippen molar-refractivity contribution >= 4 is 40.6 Å². The van der Waals surface area contributed by atoms with Gasteiger partial charge in [0.1, 0.15) is 11.7 Å². The smallest absolute Gasteiger partial charge is 0.257 e. The van der Waals surface area contributed by atoms with Gasteiger partial charge in [-0.05, 0) is 67.4 Å². The van der Waals surface area contributed by atoms with E-state index in [1.807, 2.05) is 4.90 Å². The quantitative estimate of drug-likeness (QED) is 0.349. The van der Waals surface area contributed by atoms with Crippen molar-refractivity contribution in [1.29, 1.82) is 5.41 Å². The van der Waals surface area contributed by atoms with Crippen LogP contribution in [0.25, 0.3) is 0 Å². The van der Waals surface area contributed by atoms with Crippen LogP contribution in [-0.4, -0.2) is 35.6 Å². The van der Waals surface area contributed by atoms with E-state index < -0.39 is 17.6 Å². The lowest BCUT2D eigenvalue weighted by Gasteiger charge is -2.18. The van der Waals surface area contributed by atoms with Crippen molar-refractivity contribution in [2.45, 2.75) is 12.8 Å². The molecule has 1 fully saturated rings. The highest BCUT2D eigenvalue weighted by Crippen LogP contribution is 2.21. The normalized spacial score (nSPS) is 13.0. The summed E-state index contributed by atoms with van der Waals surface area (Å²) in [5.74, 6) is -1.17. The second kappa shape index (κ2) is 9.83. The van der Waals surface area contributed by atoms with Crippen LogP contribution < -0.4 is 10.6 Å². The third kappa shape index (κ3) is 5.38. The molecule has 0 spiro atoms. The van der Waals surface area contributed by atoms with Crippen molar-refractivity contribution in [3.05, 3.63) is 94.3 Å². The molecule has 1 aliphatic rings. The van der Waals surface area contributed by atoms with Crippen molar-refractivity contribution in [2.24, 2.45) is 0 Å². The lowest BCUT2D eigenvalue weighted by Crippen LogP contribution is -2.27. The third-order valence-electron chi connectivity index (χ3n) is 5.42. The van der Waals surface area contributed by atoms with Crippen LogP contribution in [-0.2, 0) is 0 Å². The van der Waals surface area contributed by atoms with Gasteiger partial charge in [-0.2, -0.15) is 0 Å². The molecule has 3 aromatic rings. The molecule has 0 radical (unpaired) electrons. The van der Waals surface area contributed by atoms with Gasteiger partial charge >= 0.3 is 0 Å². The standard InChI is InChI=1S/C25H22ClFN4O2/c26-18-7-10-20(11-8-18)29-25(33)21-15-19(27)9-12-22(21)30-24(32)17-5-3-16(4-6-17)23(28)31-13-1-2-14-31/h3-12,15,28H,1-2,13-14H2,(H,29,33)(H,30,32). The van der Waals surface area contributed by atoms with Crippen molar-refractivity contribution in [3.63, 3.8) is 0 Å². The van der Waals surface area contributed by atoms with Crippen LogP contribution in [0.4, 0.5) is 15.8 Å². The van der Waals surface area contributed by atoms with E-state index >= 15 is 0 Å². The average Bonchev–Trinajstić information content (AvgIpc) is 3.36. The summed E-state index contributed by atoms with van der Waals surface area (Å²) >= 11 is 5.86. The van der Waals surface area contributed by atoms with Crippen LogP contribution in [0.2, 0.25) is 5.02 Å². The number of benzene rings is 3. The first kappa shape index (κ1) is 22.5. The number of halogens is 2. The van der Waals surface area contributed by atoms with Gasteiger partial charge in [-0.3, -0.25) is 15.0 Å². The van der Waals surface area contributed by atoms with E-state index in [1.165, 1.54) is 12.1 Å². The molecular weight excluding hydrogens is 443 g/mol. The van der Waals surface area contributed by atoms with Gasteiger partial charge < -0.3 is 15.5 Å². The average molecular weight is 465 g/mol. The monoisotopic (exact) mass is 464 g/mol. The maximum absolute atomic E-state index is 13.9. The molecule has 0 aliphatic carbocycles. The Hall–Kier alpha value is -3.71. The summed E-state index contributed by atoms with van der Waals surface area (Å²) in [6.45, 7) is 1.74. The Bertz CT molecular complexity index is 1190. The van der Waals surface area contributed by atoms with Crippen LogP contribution in [0.15, 0.2) is 66.7 Å². The van der Waals surface area contributed by atoms with Gasteiger partial charge in [-0.15, -0.1) is 0 Å². The summed E-state index contributed by atoms with van der Waals surface area (Å²) < 4.78 is 13.9. The minimum absolute atomic E-state index is 0.00858. The second-order valence-corrected chi connectivity index (χ2v) is 8.16. The largest absolute Gasteiger partial charge is 0.357 e. The second-order valence-electron chi connectivity index (χ2n) is 7.73. The highest BCUT2D eigenvalue weighted by atomic mass is 35.5. The number of hydrogen-bond acceptors (Lipinski definition) is 3.